The predicted molar refractivity (Wildman–Crippen MR) is 93.1 cm³/mol. The third-order valence-electron chi connectivity index (χ3n) is 4.76. The van der Waals surface area contributed by atoms with Gasteiger partial charge in [-0.25, -0.2) is 0 Å². The van der Waals surface area contributed by atoms with Gasteiger partial charge in [0.15, 0.2) is 0 Å². The average molecular weight is 351 g/mol. The first-order chi connectivity index (χ1) is 11.6. The SMILES string of the molecule is CCCc1nnc(N2CC(C(=O)N3CCN(CC)CC3)CC2=O)s1. The maximum Gasteiger partial charge on any atom is 0.229 e. The minimum atomic E-state index is -0.246. The maximum absolute atomic E-state index is 12.7. The van der Waals surface area contributed by atoms with Crippen LogP contribution in [0.1, 0.15) is 31.7 Å². The van der Waals surface area contributed by atoms with Crippen LogP contribution < -0.4 is 4.90 Å². The number of anilines is 1. The summed E-state index contributed by atoms with van der Waals surface area (Å²) in [5, 5.41) is 9.86. The monoisotopic (exact) mass is 351 g/mol. The Kier molecular flexibility index (Phi) is 5.45. The largest absolute Gasteiger partial charge is 0.340 e. The lowest BCUT2D eigenvalue weighted by molar-refractivity contribution is -0.137. The molecule has 0 aliphatic carbocycles. The molecule has 3 heterocycles. The second-order valence-corrected chi connectivity index (χ2v) is 7.43. The van der Waals surface area contributed by atoms with Gasteiger partial charge in [0, 0.05) is 45.6 Å². The fourth-order valence-electron chi connectivity index (χ4n) is 3.27. The van der Waals surface area contributed by atoms with Gasteiger partial charge in [-0.3, -0.25) is 14.5 Å². The summed E-state index contributed by atoms with van der Waals surface area (Å²) < 4.78 is 0. The smallest absolute Gasteiger partial charge is 0.229 e. The lowest BCUT2D eigenvalue weighted by Gasteiger charge is -2.35. The number of piperazine rings is 1. The van der Waals surface area contributed by atoms with Gasteiger partial charge in [-0.1, -0.05) is 25.2 Å². The van der Waals surface area contributed by atoms with E-state index >= 15 is 0 Å². The molecule has 3 rings (SSSR count). The number of aromatic nitrogens is 2. The van der Waals surface area contributed by atoms with Crippen LogP contribution in [0.3, 0.4) is 0 Å². The zero-order valence-corrected chi connectivity index (χ0v) is 15.2. The summed E-state index contributed by atoms with van der Waals surface area (Å²) in [6.07, 6.45) is 2.17. The maximum atomic E-state index is 12.7. The summed E-state index contributed by atoms with van der Waals surface area (Å²) in [5.41, 5.74) is 0. The Balaban J connectivity index is 1.60. The van der Waals surface area contributed by atoms with Crippen molar-refractivity contribution in [3.63, 3.8) is 0 Å². The predicted octanol–water partition coefficient (Wildman–Crippen LogP) is 1.01. The van der Waals surface area contributed by atoms with E-state index in [1.807, 2.05) is 4.90 Å². The van der Waals surface area contributed by atoms with Crippen molar-refractivity contribution < 1.29 is 9.59 Å². The van der Waals surface area contributed by atoms with Gasteiger partial charge in [0.05, 0.1) is 5.92 Å². The number of carbonyl (C=O) groups excluding carboxylic acids is 2. The van der Waals surface area contributed by atoms with Crippen molar-refractivity contribution in [2.45, 2.75) is 33.1 Å². The van der Waals surface area contributed by atoms with Crippen molar-refractivity contribution in [2.75, 3.05) is 44.2 Å². The van der Waals surface area contributed by atoms with Crippen molar-refractivity contribution in [3.8, 4) is 0 Å². The summed E-state index contributed by atoms with van der Waals surface area (Å²) in [6, 6.07) is 0. The molecule has 2 saturated heterocycles. The number of nitrogens with zero attached hydrogens (tertiary/aromatic N) is 5. The van der Waals surface area contributed by atoms with Gasteiger partial charge in [0.25, 0.3) is 0 Å². The van der Waals surface area contributed by atoms with Crippen LogP contribution in [0.2, 0.25) is 0 Å². The highest BCUT2D eigenvalue weighted by molar-refractivity contribution is 7.15. The highest BCUT2D eigenvalue weighted by Gasteiger charge is 2.39. The Morgan fingerprint density at radius 3 is 2.62 bits per heavy atom. The Morgan fingerprint density at radius 1 is 1.21 bits per heavy atom. The molecule has 24 heavy (non-hydrogen) atoms. The molecular formula is C16H25N5O2S. The Morgan fingerprint density at radius 2 is 1.96 bits per heavy atom. The quantitative estimate of drug-likeness (QED) is 0.792. The molecule has 7 nitrogen and oxygen atoms in total. The van der Waals surface area contributed by atoms with Gasteiger partial charge in [-0.2, -0.15) is 0 Å². The van der Waals surface area contributed by atoms with Crippen LogP contribution in [-0.2, 0) is 16.0 Å². The fraction of sp³-hybridized carbons (Fsp3) is 0.750. The number of amides is 2. The molecule has 0 N–H and O–H groups in total. The van der Waals surface area contributed by atoms with Gasteiger partial charge < -0.3 is 9.80 Å². The number of carbonyl (C=O) groups is 2. The van der Waals surface area contributed by atoms with Gasteiger partial charge >= 0.3 is 0 Å². The molecule has 2 aliphatic rings. The Hall–Kier alpha value is -1.54. The molecule has 1 aromatic heterocycles. The molecule has 2 amide bonds. The molecule has 2 fully saturated rings. The van der Waals surface area contributed by atoms with Gasteiger partial charge in [0.2, 0.25) is 16.9 Å². The van der Waals surface area contributed by atoms with Crippen LogP contribution in [0, 0.1) is 5.92 Å². The van der Waals surface area contributed by atoms with Crippen molar-refractivity contribution >= 4 is 28.3 Å². The normalized spacial score (nSPS) is 22.4. The molecule has 0 saturated carbocycles. The first-order valence-corrected chi connectivity index (χ1v) is 9.57. The number of likely N-dealkylation sites (N-methyl/N-ethyl adjacent to an activating group) is 1. The van der Waals surface area contributed by atoms with E-state index in [1.165, 1.54) is 11.3 Å². The topological polar surface area (TPSA) is 69.6 Å². The molecule has 0 radical (unpaired) electrons. The van der Waals surface area contributed by atoms with Crippen LogP contribution in [0.15, 0.2) is 0 Å². The molecule has 2 aliphatic heterocycles. The van der Waals surface area contributed by atoms with Gasteiger partial charge in [0.1, 0.15) is 5.01 Å². The van der Waals surface area contributed by atoms with E-state index in [0.29, 0.717) is 11.7 Å². The van der Waals surface area contributed by atoms with E-state index in [9.17, 15) is 9.59 Å². The summed E-state index contributed by atoms with van der Waals surface area (Å²) >= 11 is 1.46. The molecule has 1 unspecified atom stereocenters. The standard InChI is InChI=1S/C16H25N5O2S/c1-3-5-13-17-18-16(24-13)21-11-12(10-14(21)22)15(23)20-8-6-19(4-2)7-9-20/h12H,3-11H2,1-2H3. The summed E-state index contributed by atoms with van der Waals surface area (Å²) in [4.78, 5) is 30.9. The van der Waals surface area contributed by atoms with E-state index in [1.54, 1.807) is 4.90 Å². The third-order valence-corrected chi connectivity index (χ3v) is 5.76. The van der Waals surface area contributed by atoms with Crippen LogP contribution in [-0.4, -0.2) is 71.1 Å². The molecule has 0 bridgehead atoms. The van der Waals surface area contributed by atoms with E-state index in [4.69, 9.17) is 0 Å². The lowest BCUT2D eigenvalue weighted by atomic mass is 10.1. The summed E-state index contributed by atoms with van der Waals surface area (Å²) in [5.74, 6) is -0.149. The Labute approximate surface area is 146 Å². The number of aryl methyl sites for hydroxylation is 1. The minimum absolute atomic E-state index is 0.0141. The van der Waals surface area contributed by atoms with Gasteiger partial charge in [-0.05, 0) is 13.0 Å². The number of hydrogen-bond acceptors (Lipinski definition) is 6. The van der Waals surface area contributed by atoms with Crippen LogP contribution in [0.25, 0.3) is 0 Å². The van der Waals surface area contributed by atoms with Crippen molar-refractivity contribution in [3.05, 3.63) is 5.01 Å². The molecule has 1 atom stereocenters. The molecule has 1 aromatic rings. The zero-order valence-electron chi connectivity index (χ0n) is 14.4. The number of rotatable bonds is 5. The number of hydrogen-bond donors (Lipinski definition) is 0. The molecule has 0 aromatic carbocycles. The van der Waals surface area contributed by atoms with Crippen LogP contribution in [0.4, 0.5) is 5.13 Å². The first-order valence-electron chi connectivity index (χ1n) is 8.76. The minimum Gasteiger partial charge on any atom is -0.340 e. The Bertz CT molecular complexity index is 597. The second kappa shape index (κ2) is 7.57. The fourth-order valence-corrected chi connectivity index (χ4v) is 4.24. The van der Waals surface area contributed by atoms with E-state index in [-0.39, 0.29) is 24.2 Å². The van der Waals surface area contributed by atoms with Crippen LogP contribution in [0.5, 0.6) is 0 Å². The highest BCUT2D eigenvalue weighted by Crippen LogP contribution is 2.29. The van der Waals surface area contributed by atoms with E-state index in [2.05, 4.69) is 28.9 Å². The highest BCUT2D eigenvalue weighted by atomic mass is 32.1. The van der Waals surface area contributed by atoms with Crippen molar-refractivity contribution in [1.29, 1.82) is 0 Å². The van der Waals surface area contributed by atoms with E-state index < -0.39 is 0 Å². The molecule has 132 valence electrons. The first kappa shape index (κ1) is 17.3. The molecule has 8 heteroatoms. The lowest BCUT2D eigenvalue weighted by Crippen LogP contribution is -2.50. The summed E-state index contributed by atoms with van der Waals surface area (Å²) in [7, 11) is 0. The van der Waals surface area contributed by atoms with Crippen LogP contribution >= 0.6 is 11.3 Å². The van der Waals surface area contributed by atoms with Gasteiger partial charge in [-0.15, -0.1) is 10.2 Å². The van der Waals surface area contributed by atoms with E-state index in [0.717, 1.165) is 50.6 Å². The van der Waals surface area contributed by atoms with Crippen molar-refractivity contribution in [1.82, 2.24) is 20.0 Å². The second-order valence-electron chi connectivity index (χ2n) is 6.39. The molecular weight excluding hydrogens is 326 g/mol. The summed E-state index contributed by atoms with van der Waals surface area (Å²) in [6.45, 7) is 9.05. The van der Waals surface area contributed by atoms with Crippen molar-refractivity contribution in [2.24, 2.45) is 5.92 Å². The molecule has 0 spiro atoms. The zero-order chi connectivity index (χ0) is 17.1. The average Bonchev–Trinajstić information content (AvgIpc) is 3.21. The third kappa shape index (κ3) is 3.59.